The Morgan fingerprint density at radius 1 is 1.09 bits per heavy atom. The zero-order chi connectivity index (χ0) is 24.1. The van der Waals surface area contributed by atoms with E-state index in [0.29, 0.717) is 19.8 Å². The summed E-state index contributed by atoms with van der Waals surface area (Å²) in [4.78, 5) is 30.9. The van der Waals surface area contributed by atoms with Gasteiger partial charge in [0.25, 0.3) is 5.69 Å². The molecule has 0 saturated carbocycles. The SMILES string of the molecule is O=C(NCc1ccnc(N2CCOCC2)c1)N1CCN(S(=O)(=O)c2cccc([N+](=O)[O-])c2)CC1. The second-order valence-electron chi connectivity index (χ2n) is 7.93. The summed E-state index contributed by atoms with van der Waals surface area (Å²) in [6.07, 6.45) is 1.71. The molecule has 182 valence electrons. The van der Waals surface area contributed by atoms with Crippen molar-refractivity contribution < 1.29 is 22.9 Å². The standard InChI is InChI=1S/C21H26N6O6S/c28-21(23-16-17-4-5-22-20(14-17)24-10-12-33-13-11-24)25-6-8-26(9-7-25)34(31,32)19-3-1-2-18(15-19)27(29)30/h1-5,14-15H,6-13,16H2,(H,23,28). The van der Waals surface area contributed by atoms with Crippen molar-refractivity contribution in [3.05, 3.63) is 58.3 Å². The van der Waals surface area contributed by atoms with Crippen LogP contribution in [0.25, 0.3) is 0 Å². The Morgan fingerprint density at radius 3 is 2.53 bits per heavy atom. The number of aromatic nitrogens is 1. The minimum Gasteiger partial charge on any atom is -0.378 e. The first-order valence-corrected chi connectivity index (χ1v) is 12.3. The van der Waals surface area contributed by atoms with Crippen molar-refractivity contribution in [1.82, 2.24) is 19.5 Å². The number of benzene rings is 1. The van der Waals surface area contributed by atoms with Crippen molar-refractivity contribution >= 4 is 27.6 Å². The minimum atomic E-state index is -3.89. The highest BCUT2D eigenvalue weighted by Crippen LogP contribution is 2.22. The monoisotopic (exact) mass is 490 g/mol. The van der Waals surface area contributed by atoms with Crippen molar-refractivity contribution in [2.45, 2.75) is 11.4 Å². The minimum absolute atomic E-state index is 0.106. The molecule has 13 heteroatoms. The third kappa shape index (κ3) is 5.43. The fourth-order valence-corrected chi connectivity index (χ4v) is 5.33. The number of nitro groups is 1. The molecule has 1 aromatic carbocycles. The van der Waals surface area contributed by atoms with Gasteiger partial charge in [-0.3, -0.25) is 10.1 Å². The highest BCUT2D eigenvalue weighted by molar-refractivity contribution is 7.89. The molecule has 1 N–H and O–H groups in total. The molecular formula is C21H26N6O6S. The molecule has 2 saturated heterocycles. The molecule has 4 rings (SSSR count). The van der Waals surface area contributed by atoms with E-state index < -0.39 is 14.9 Å². The van der Waals surface area contributed by atoms with Gasteiger partial charge in [-0.25, -0.2) is 18.2 Å². The van der Waals surface area contributed by atoms with E-state index in [0.717, 1.165) is 30.5 Å². The number of hydrogen-bond donors (Lipinski definition) is 1. The summed E-state index contributed by atoms with van der Waals surface area (Å²) in [5.41, 5.74) is 0.628. The Hall–Kier alpha value is -3.29. The number of sulfonamides is 1. The van der Waals surface area contributed by atoms with Gasteiger partial charge in [-0.05, 0) is 23.8 Å². The van der Waals surface area contributed by atoms with Gasteiger partial charge in [0, 0.05) is 64.1 Å². The lowest BCUT2D eigenvalue weighted by atomic mass is 10.2. The van der Waals surface area contributed by atoms with Gasteiger partial charge >= 0.3 is 6.03 Å². The van der Waals surface area contributed by atoms with Crippen molar-refractivity contribution in [3.8, 4) is 0 Å². The lowest BCUT2D eigenvalue weighted by Gasteiger charge is -2.34. The quantitative estimate of drug-likeness (QED) is 0.468. The van der Waals surface area contributed by atoms with E-state index in [-0.39, 0.29) is 42.8 Å². The first-order chi connectivity index (χ1) is 16.3. The number of ether oxygens (including phenoxy) is 1. The molecule has 0 bridgehead atoms. The molecule has 2 fully saturated rings. The number of urea groups is 1. The van der Waals surface area contributed by atoms with Crippen LogP contribution >= 0.6 is 0 Å². The Morgan fingerprint density at radius 2 is 1.82 bits per heavy atom. The molecule has 2 amide bonds. The second kappa shape index (κ2) is 10.3. The van der Waals surface area contributed by atoms with Crippen molar-refractivity contribution in [2.24, 2.45) is 0 Å². The van der Waals surface area contributed by atoms with Crippen LogP contribution in [0.1, 0.15) is 5.56 Å². The number of morpholine rings is 1. The van der Waals surface area contributed by atoms with Gasteiger partial charge in [-0.2, -0.15) is 4.31 Å². The van der Waals surface area contributed by atoms with E-state index in [4.69, 9.17) is 4.74 Å². The fourth-order valence-electron chi connectivity index (χ4n) is 3.86. The number of pyridine rings is 1. The van der Waals surface area contributed by atoms with Gasteiger partial charge in [-0.15, -0.1) is 0 Å². The van der Waals surface area contributed by atoms with Crippen LogP contribution in [0.3, 0.4) is 0 Å². The maximum Gasteiger partial charge on any atom is 0.317 e. The Bertz CT molecular complexity index is 1150. The summed E-state index contributed by atoms with van der Waals surface area (Å²) < 4.78 is 32.4. The number of piperazine rings is 1. The molecule has 1 aromatic heterocycles. The second-order valence-corrected chi connectivity index (χ2v) is 9.86. The number of carbonyl (C=O) groups excluding carboxylic acids is 1. The average Bonchev–Trinajstić information content (AvgIpc) is 2.88. The molecule has 3 heterocycles. The van der Waals surface area contributed by atoms with Crippen LogP contribution < -0.4 is 10.2 Å². The molecule has 2 aromatic rings. The Balaban J connectivity index is 1.31. The number of rotatable bonds is 6. The van der Waals surface area contributed by atoms with Gasteiger partial charge < -0.3 is 19.9 Å². The van der Waals surface area contributed by atoms with Crippen molar-refractivity contribution in [1.29, 1.82) is 0 Å². The number of non-ortho nitro benzene ring substituents is 1. The first-order valence-electron chi connectivity index (χ1n) is 10.9. The molecule has 0 aliphatic carbocycles. The van der Waals surface area contributed by atoms with E-state index in [1.165, 1.54) is 22.5 Å². The van der Waals surface area contributed by atoms with Crippen LogP contribution in [0.4, 0.5) is 16.3 Å². The van der Waals surface area contributed by atoms with Crippen LogP contribution in [0.15, 0.2) is 47.5 Å². The molecule has 34 heavy (non-hydrogen) atoms. The maximum atomic E-state index is 12.9. The van der Waals surface area contributed by atoms with Gasteiger partial charge in [0.1, 0.15) is 5.82 Å². The largest absolute Gasteiger partial charge is 0.378 e. The topological polar surface area (TPSA) is 138 Å². The molecular weight excluding hydrogens is 464 g/mol. The fraction of sp³-hybridized carbons (Fsp3) is 0.429. The maximum absolute atomic E-state index is 12.9. The van der Waals surface area contributed by atoms with Gasteiger partial charge in [0.15, 0.2) is 0 Å². The molecule has 0 spiro atoms. The summed E-state index contributed by atoms with van der Waals surface area (Å²) in [6, 6.07) is 8.47. The number of nitrogens with one attached hydrogen (secondary N) is 1. The van der Waals surface area contributed by atoms with Crippen LogP contribution in [0.2, 0.25) is 0 Å². The molecule has 2 aliphatic heterocycles. The highest BCUT2D eigenvalue weighted by atomic mass is 32.2. The van der Waals surface area contributed by atoms with Crippen LogP contribution in [-0.4, -0.2) is 86.0 Å². The Labute approximate surface area is 197 Å². The third-order valence-electron chi connectivity index (χ3n) is 5.78. The normalized spacial score (nSPS) is 17.4. The highest BCUT2D eigenvalue weighted by Gasteiger charge is 2.31. The van der Waals surface area contributed by atoms with E-state index in [2.05, 4.69) is 15.2 Å². The van der Waals surface area contributed by atoms with E-state index >= 15 is 0 Å². The molecule has 2 aliphatic rings. The molecule has 12 nitrogen and oxygen atoms in total. The number of nitro benzene ring substituents is 1. The van der Waals surface area contributed by atoms with Crippen LogP contribution in [0.5, 0.6) is 0 Å². The number of carbonyl (C=O) groups is 1. The van der Waals surface area contributed by atoms with Gasteiger partial charge in [-0.1, -0.05) is 6.07 Å². The summed E-state index contributed by atoms with van der Waals surface area (Å²) in [5.74, 6) is 0.843. The van der Waals surface area contributed by atoms with E-state index in [1.807, 2.05) is 12.1 Å². The predicted octanol–water partition coefficient (Wildman–Crippen LogP) is 1.04. The van der Waals surface area contributed by atoms with Gasteiger partial charge in [0.2, 0.25) is 10.0 Å². The van der Waals surface area contributed by atoms with Crippen molar-refractivity contribution in [3.63, 3.8) is 0 Å². The van der Waals surface area contributed by atoms with Crippen LogP contribution in [-0.2, 0) is 21.3 Å². The lowest BCUT2D eigenvalue weighted by molar-refractivity contribution is -0.385. The molecule has 0 radical (unpaired) electrons. The molecule has 0 unspecified atom stereocenters. The summed E-state index contributed by atoms with van der Waals surface area (Å²) in [6.45, 7) is 3.83. The number of amides is 2. The smallest absolute Gasteiger partial charge is 0.317 e. The first kappa shape index (κ1) is 23.9. The summed E-state index contributed by atoms with van der Waals surface area (Å²) >= 11 is 0. The zero-order valence-corrected chi connectivity index (χ0v) is 19.3. The summed E-state index contributed by atoms with van der Waals surface area (Å²) in [7, 11) is -3.89. The lowest BCUT2D eigenvalue weighted by Crippen LogP contribution is -2.52. The average molecular weight is 491 g/mol. The predicted molar refractivity (Wildman–Crippen MR) is 123 cm³/mol. The van der Waals surface area contributed by atoms with E-state index in [9.17, 15) is 23.3 Å². The number of nitrogens with zero attached hydrogens (tertiary/aromatic N) is 5. The van der Waals surface area contributed by atoms with E-state index in [1.54, 1.807) is 11.1 Å². The Kier molecular flexibility index (Phi) is 7.24. The third-order valence-corrected chi connectivity index (χ3v) is 7.68. The summed E-state index contributed by atoms with van der Waals surface area (Å²) in [5, 5.41) is 13.8. The zero-order valence-electron chi connectivity index (χ0n) is 18.5. The van der Waals surface area contributed by atoms with Crippen molar-refractivity contribution in [2.75, 3.05) is 57.4 Å². The molecule has 0 atom stereocenters. The number of anilines is 1. The number of hydrogen-bond acceptors (Lipinski definition) is 8. The van der Waals surface area contributed by atoms with Gasteiger partial charge in [0.05, 0.1) is 23.0 Å². The van der Waals surface area contributed by atoms with Crippen LogP contribution in [0, 0.1) is 10.1 Å².